The molecule has 1 rings (SSSR count). The predicted molar refractivity (Wildman–Crippen MR) is 105 cm³/mol. The van der Waals surface area contributed by atoms with E-state index in [1.54, 1.807) is 0 Å². The van der Waals surface area contributed by atoms with Crippen molar-refractivity contribution < 1.29 is 49.2 Å². The number of nitrogens with one attached hydrogen (secondary N) is 2. The maximum Gasteiger partial charge on any atom is 0.322 e. The molecule has 1 aliphatic carbocycles. The molecule has 13 nitrogen and oxygen atoms in total. The van der Waals surface area contributed by atoms with E-state index in [0.29, 0.717) is 0 Å². The van der Waals surface area contributed by atoms with Gasteiger partial charge in [0, 0.05) is 23.8 Å². The van der Waals surface area contributed by atoms with Crippen LogP contribution in [0.3, 0.4) is 0 Å². The van der Waals surface area contributed by atoms with E-state index in [-0.39, 0.29) is 30.8 Å². The Kier molecular flexibility index (Phi) is 10.5. The lowest BCUT2D eigenvalue weighted by molar-refractivity contribution is -0.152. The molecule has 5 atom stereocenters. The summed E-state index contributed by atoms with van der Waals surface area (Å²) in [4.78, 5) is 69.2. The number of rotatable bonds is 12. The van der Waals surface area contributed by atoms with Gasteiger partial charge in [-0.1, -0.05) is 0 Å². The zero-order valence-electron chi connectivity index (χ0n) is 16.4. The summed E-state index contributed by atoms with van der Waals surface area (Å²) in [7, 11) is 0. The Morgan fingerprint density at radius 3 is 2.35 bits per heavy atom. The van der Waals surface area contributed by atoms with Crippen LogP contribution in [0.2, 0.25) is 0 Å². The fraction of sp³-hybridized carbons (Fsp3) is 0.647. The Balaban J connectivity index is 2.67. The van der Waals surface area contributed by atoms with Gasteiger partial charge in [0.1, 0.15) is 24.7 Å². The van der Waals surface area contributed by atoms with E-state index in [1.165, 1.54) is 0 Å². The third kappa shape index (κ3) is 8.61. The number of hydrogen-bond donors (Lipinski definition) is 7. The highest BCUT2D eigenvalue weighted by molar-refractivity contribution is 7.99. The molecule has 1 saturated carbocycles. The highest BCUT2D eigenvalue weighted by Gasteiger charge is 2.41. The van der Waals surface area contributed by atoms with Crippen molar-refractivity contribution in [1.29, 1.82) is 0 Å². The molecule has 2 amide bonds. The molecule has 14 heteroatoms. The van der Waals surface area contributed by atoms with Gasteiger partial charge in [0.25, 0.3) is 0 Å². The molecule has 0 heterocycles. The number of carboxylic acids is 2. The first-order valence-electron chi connectivity index (χ1n) is 9.23. The fourth-order valence-electron chi connectivity index (χ4n) is 2.67. The minimum atomic E-state index is -1.76. The Hall–Kier alpha value is -2.55. The molecule has 1 aliphatic rings. The van der Waals surface area contributed by atoms with Gasteiger partial charge in [0.2, 0.25) is 23.4 Å². The van der Waals surface area contributed by atoms with Gasteiger partial charge >= 0.3 is 11.9 Å². The van der Waals surface area contributed by atoms with Gasteiger partial charge in [-0.25, -0.2) is 0 Å². The van der Waals surface area contributed by atoms with Crippen LogP contribution in [-0.4, -0.2) is 98.1 Å². The lowest BCUT2D eigenvalue weighted by Gasteiger charge is -2.27. The summed E-state index contributed by atoms with van der Waals surface area (Å²) in [6.07, 6.45) is -3.77. The van der Waals surface area contributed by atoms with E-state index in [0.717, 1.165) is 11.8 Å². The van der Waals surface area contributed by atoms with Gasteiger partial charge in [0.05, 0.1) is 6.10 Å². The summed E-state index contributed by atoms with van der Waals surface area (Å²) in [5.74, 6) is -7.01. The smallest absolute Gasteiger partial charge is 0.322 e. The van der Waals surface area contributed by atoms with Crippen LogP contribution >= 0.6 is 11.8 Å². The molecule has 3 unspecified atom stereocenters. The fourth-order valence-corrected chi connectivity index (χ4v) is 3.84. The summed E-state index contributed by atoms with van der Waals surface area (Å²) in [5, 5.41) is 41.0. The average Bonchev–Trinajstić information content (AvgIpc) is 2.71. The maximum atomic E-state index is 12.2. The summed E-state index contributed by atoms with van der Waals surface area (Å²) in [5.41, 5.74) is 5.32. The number of ketones is 2. The van der Waals surface area contributed by atoms with Crippen molar-refractivity contribution in [2.24, 2.45) is 11.7 Å². The summed E-state index contributed by atoms with van der Waals surface area (Å²) in [6.45, 7) is -0.695. The largest absolute Gasteiger partial charge is 0.480 e. The monoisotopic (exact) mass is 463 g/mol. The van der Waals surface area contributed by atoms with Crippen LogP contribution in [0.4, 0.5) is 0 Å². The molecular formula is C17H25N3O10S. The quantitative estimate of drug-likeness (QED) is 0.140. The number of carbonyl (C=O) groups is 6. The Bertz CT molecular complexity index is 731. The summed E-state index contributed by atoms with van der Waals surface area (Å²) >= 11 is 1.00. The Labute approximate surface area is 180 Å². The molecule has 0 aromatic heterocycles. The molecular weight excluding hydrogens is 438 g/mol. The molecule has 0 aromatic rings. The van der Waals surface area contributed by atoms with Gasteiger partial charge in [-0.3, -0.25) is 28.8 Å². The second-order valence-corrected chi connectivity index (χ2v) is 8.00. The number of aliphatic hydroxyl groups excluding tert-OH is 2. The van der Waals surface area contributed by atoms with E-state index >= 15 is 0 Å². The zero-order valence-corrected chi connectivity index (χ0v) is 17.2. The number of amides is 2. The van der Waals surface area contributed by atoms with E-state index in [9.17, 15) is 39.0 Å². The van der Waals surface area contributed by atoms with Gasteiger partial charge in [-0.05, 0) is 12.8 Å². The number of hydrogen-bond acceptors (Lipinski definition) is 10. The number of aliphatic carboxylic acids is 2. The zero-order chi connectivity index (χ0) is 23.7. The van der Waals surface area contributed by atoms with Crippen molar-refractivity contribution in [2.75, 3.05) is 18.1 Å². The molecule has 0 bridgehead atoms. The lowest BCUT2D eigenvalue weighted by atomic mass is 9.84. The third-order valence-electron chi connectivity index (χ3n) is 4.44. The van der Waals surface area contributed by atoms with E-state index in [1.807, 2.05) is 0 Å². The normalized spacial score (nSPS) is 23.0. The van der Waals surface area contributed by atoms with Gasteiger partial charge in [0.15, 0.2) is 0 Å². The first-order valence-corrected chi connectivity index (χ1v) is 10.4. The summed E-state index contributed by atoms with van der Waals surface area (Å²) < 4.78 is 0. The minimum Gasteiger partial charge on any atom is -0.480 e. The van der Waals surface area contributed by atoms with Crippen molar-refractivity contribution in [3.8, 4) is 0 Å². The molecule has 0 radical (unpaired) electrons. The van der Waals surface area contributed by atoms with E-state index < -0.39 is 72.1 Å². The van der Waals surface area contributed by atoms with Crippen molar-refractivity contribution in [2.45, 2.75) is 43.6 Å². The number of nitrogens with two attached hydrogens (primary N) is 1. The Morgan fingerprint density at radius 1 is 1.13 bits per heavy atom. The maximum absolute atomic E-state index is 12.2. The average molecular weight is 463 g/mol. The van der Waals surface area contributed by atoms with Crippen molar-refractivity contribution in [1.82, 2.24) is 10.6 Å². The number of carboxylic acid groups (broad SMARTS) is 2. The van der Waals surface area contributed by atoms with Crippen LogP contribution in [-0.2, 0) is 28.8 Å². The first kappa shape index (κ1) is 26.5. The van der Waals surface area contributed by atoms with Crippen molar-refractivity contribution in [3.63, 3.8) is 0 Å². The van der Waals surface area contributed by atoms with Gasteiger partial charge in [-0.15, -0.1) is 0 Å². The summed E-state index contributed by atoms with van der Waals surface area (Å²) in [6, 6.07) is -2.47. The number of aliphatic hydroxyl groups is 2. The molecule has 31 heavy (non-hydrogen) atoms. The third-order valence-corrected chi connectivity index (χ3v) is 5.65. The van der Waals surface area contributed by atoms with Crippen LogP contribution in [0.25, 0.3) is 0 Å². The molecule has 0 spiro atoms. The number of thioether (sulfide) groups is 1. The van der Waals surface area contributed by atoms with Gasteiger partial charge in [-0.2, -0.15) is 11.8 Å². The molecule has 174 valence electrons. The molecule has 0 aromatic carbocycles. The van der Waals surface area contributed by atoms with Crippen molar-refractivity contribution >= 4 is 47.1 Å². The predicted octanol–water partition coefficient (Wildman–Crippen LogP) is -3.52. The minimum absolute atomic E-state index is 0.0107. The van der Waals surface area contributed by atoms with E-state index in [4.69, 9.17) is 15.9 Å². The molecule has 0 aliphatic heterocycles. The number of carbonyl (C=O) groups excluding carboxylic acids is 4. The highest BCUT2D eigenvalue weighted by Crippen LogP contribution is 2.23. The number of Topliss-reactive ketones (excluding diaryl/α,β-unsaturated/α-hetero) is 2. The SMILES string of the molecule is NC(CCC(=O)NC(CSCC1C[C@@H](O)[C@@H](O)C(=O)C1=O)C(=O)NCC(=O)O)C(=O)O. The topological polar surface area (TPSA) is 233 Å². The van der Waals surface area contributed by atoms with Crippen LogP contribution in [0.15, 0.2) is 0 Å². The standard InChI is InChI=1S/C17H25N3O10S/c18-8(17(29)30)1-2-11(22)20-9(16(28)19-4-12(23)24)6-31-5-7-3-10(21)14(26)15(27)13(7)25/h7-10,14,21,26H,1-6,18H2,(H,19,28)(H,20,22)(H,23,24)(H,29,30)/t7?,8?,9?,10-,14-/m1/s1. The second-order valence-electron chi connectivity index (χ2n) is 6.93. The van der Waals surface area contributed by atoms with E-state index in [2.05, 4.69) is 10.6 Å². The van der Waals surface area contributed by atoms with Crippen LogP contribution < -0.4 is 16.4 Å². The molecule has 8 N–H and O–H groups in total. The highest BCUT2D eigenvalue weighted by atomic mass is 32.2. The van der Waals surface area contributed by atoms with Crippen LogP contribution in [0.1, 0.15) is 19.3 Å². The first-order chi connectivity index (χ1) is 14.4. The Morgan fingerprint density at radius 2 is 1.77 bits per heavy atom. The second kappa shape index (κ2) is 12.3. The molecule has 1 fully saturated rings. The van der Waals surface area contributed by atoms with Crippen LogP contribution in [0.5, 0.6) is 0 Å². The molecule has 0 saturated heterocycles. The lowest BCUT2D eigenvalue weighted by Crippen LogP contribution is -2.50. The van der Waals surface area contributed by atoms with Crippen molar-refractivity contribution in [3.05, 3.63) is 0 Å². The van der Waals surface area contributed by atoms with Gasteiger partial charge < -0.3 is 36.8 Å². The van der Waals surface area contributed by atoms with Crippen LogP contribution in [0, 0.1) is 5.92 Å².